The maximum Gasteiger partial charge on any atom is 0.325 e. The van der Waals surface area contributed by atoms with Gasteiger partial charge in [0.1, 0.15) is 17.9 Å². The second-order valence-corrected chi connectivity index (χ2v) is 4.52. The number of halogens is 1. The fraction of sp³-hybridized carbons (Fsp3) is 0.385. The molecule has 1 aromatic carbocycles. The van der Waals surface area contributed by atoms with Crippen LogP contribution in [0.25, 0.3) is 0 Å². The summed E-state index contributed by atoms with van der Waals surface area (Å²) in [5.74, 6) is -2.20. The van der Waals surface area contributed by atoms with E-state index < -0.39 is 28.3 Å². The largest absolute Gasteiger partial charge is 0.468 e. The van der Waals surface area contributed by atoms with Crippen LogP contribution in [-0.2, 0) is 9.53 Å². The van der Waals surface area contributed by atoms with Gasteiger partial charge in [-0.1, -0.05) is 0 Å². The summed E-state index contributed by atoms with van der Waals surface area (Å²) in [6.07, 6.45) is 0. The van der Waals surface area contributed by atoms with Crippen LogP contribution < -0.4 is 0 Å². The van der Waals surface area contributed by atoms with E-state index >= 15 is 0 Å². The smallest absolute Gasteiger partial charge is 0.325 e. The molecule has 0 bridgehead atoms. The SMILES string of the molecule is COC(=O)CN(C(=O)c1ccc(F)cc1[N+](=O)[O-])C(C)C. The summed E-state index contributed by atoms with van der Waals surface area (Å²) in [6.45, 7) is 2.95. The molecule has 0 radical (unpaired) electrons. The van der Waals surface area contributed by atoms with Gasteiger partial charge in [0.05, 0.1) is 18.1 Å². The minimum atomic E-state index is -0.840. The molecular weight excluding hydrogens is 283 g/mol. The Kier molecular flexibility index (Phi) is 5.34. The lowest BCUT2D eigenvalue weighted by Crippen LogP contribution is -2.41. The molecule has 1 amide bonds. The second-order valence-electron chi connectivity index (χ2n) is 4.52. The van der Waals surface area contributed by atoms with E-state index in [9.17, 15) is 24.1 Å². The number of hydrogen-bond acceptors (Lipinski definition) is 5. The lowest BCUT2D eigenvalue weighted by molar-refractivity contribution is -0.385. The number of esters is 1. The summed E-state index contributed by atoms with van der Waals surface area (Å²) in [5.41, 5.74) is -0.922. The molecule has 0 aliphatic rings. The molecule has 8 heteroatoms. The van der Waals surface area contributed by atoms with Crippen molar-refractivity contribution < 1.29 is 23.6 Å². The highest BCUT2D eigenvalue weighted by Crippen LogP contribution is 2.22. The first kappa shape index (κ1) is 16.5. The molecule has 0 aromatic heterocycles. The fourth-order valence-corrected chi connectivity index (χ4v) is 1.68. The van der Waals surface area contributed by atoms with Gasteiger partial charge in [-0.05, 0) is 26.0 Å². The molecule has 0 aliphatic carbocycles. The highest BCUT2D eigenvalue weighted by Gasteiger charge is 2.28. The van der Waals surface area contributed by atoms with E-state index in [0.717, 1.165) is 17.0 Å². The summed E-state index contributed by atoms with van der Waals surface area (Å²) in [7, 11) is 1.17. The van der Waals surface area contributed by atoms with Crippen LogP contribution in [-0.4, -0.2) is 41.4 Å². The van der Waals surface area contributed by atoms with Crippen molar-refractivity contribution in [2.75, 3.05) is 13.7 Å². The van der Waals surface area contributed by atoms with Crippen LogP contribution in [0.5, 0.6) is 0 Å². The van der Waals surface area contributed by atoms with Crippen molar-refractivity contribution in [2.45, 2.75) is 19.9 Å². The third-order valence-electron chi connectivity index (χ3n) is 2.80. The van der Waals surface area contributed by atoms with Crippen LogP contribution in [0.2, 0.25) is 0 Å². The summed E-state index contributed by atoms with van der Waals surface area (Å²) in [4.78, 5) is 34.9. The van der Waals surface area contributed by atoms with Gasteiger partial charge in [0.25, 0.3) is 11.6 Å². The Morgan fingerprint density at radius 3 is 2.52 bits per heavy atom. The Balaban J connectivity index is 3.21. The Hall–Kier alpha value is -2.51. The van der Waals surface area contributed by atoms with Gasteiger partial charge >= 0.3 is 5.97 Å². The van der Waals surface area contributed by atoms with Gasteiger partial charge in [-0.15, -0.1) is 0 Å². The first-order valence-corrected chi connectivity index (χ1v) is 6.09. The number of hydrogen-bond donors (Lipinski definition) is 0. The van der Waals surface area contributed by atoms with Crippen LogP contribution in [0.1, 0.15) is 24.2 Å². The van der Waals surface area contributed by atoms with E-state index in [-0.39, 0.29) is 18.2 Å². The van der Waals surface area contributed by atoms with Gasteiger partial charge in [-0.2, -0.15) is 0 Å². The Morgan fingerprint density at radius 2 is 2.05 bits per heavy atom. The summed E-state index contributed by atoms with van der Waals surface area (Å²) >= 11 is 0. The first-order chi connectivity index (χ1) is 9.77. The van der Waals surface area contributed by atoms with Crippen LogP contribution >= 0.6 is 0 Å². The molecule has 0 saturated carbocycles. The van der Waals surface area contributed by atoms with Gasteiger partial charge < -0.3 is 9.64 Å². The molecule has 114 valence electrons. The maximum atomic E-state index is 13.1. The van der Waals surface area contributed by atoms with Crippen molar-refractivity contribution in [2.24, 2.45) is 0 Å². The lowest BCUT2D eigenvalue weighted by atomic mass is 10.1. The minimum absolute atomic E-state index is 0.279. The Bertz CT molecular complexity index is 574. The number of nitrogens with zero attached hydrogens (tertiary/aromatic N) is 2. The molecule has 7 nitrogen and oxygen atoms in total. The molecule has 0 atom stereocenters. The summed E-state index contributed by atoms with van der Waals surface area (Å²) < 4.78 is 17.6. The fourth-order valence-electron chi connectivity index (χ4n) is 1.68. The number of carbonyl (C=O) groups is 2. The molecule has 21 heavy (non-hydrogen) atoms. The van der Waals surface area contributed by atoms with Crippen molar-refractivity contribution >= 4 is 17.6 Å². The van der Waals surface area contributed by atoms with Gasteiger partial charge in [-0.25, -0.2) is 4.39 Å². The lowest BCUT2D eigenvalue weighted by Gasteiger charge is -2.25. The molecule has 0 N–H and O–H groups in total. The van der Waals surface area contributed by atoms with Crippen LogP contribution in [0.4, 0.5) is 10.1 Å². The molecule has 0 unspecified atom stereocenters. The molecule has 0 saturated heterocycles. The number of nitro groups is 1. The van der Waals surface area contributed by atoms with Crippen molar-refractivity contribution in [3.63, 3.8) is 0 Å². The van der Waals surface area contributed by atoms with E-state index in [1.54, 1.807) is 13.8 Å². The van der Waals surface area contributed by atoms with Crippen LogP contribution in [0.15, 0.2) is 18.2 Å². The van der Waals surface area contributed by atoms with Crippen molar-refractivity contribution in [1.82, 2.24) is 4.90 Å². The summed E-state index contributed by atoms with van der Waals surface area (Å²) in [5, 5.41) is 10.9. The quantitative estimate of drug-likeness (QED) is 0.469. The normalized spacial score (nSPS) is 10.3. The highest BCUT2D eigenvalue weighted by atomic mass is 19.1. The van der Waals surface area contributed by atoms with Gasteiger partial charge in [0, 0.05) is 6.04 Å². The minimum Gasteiger partial charge on any atom is -0.468 e. The average Bonchev–Trinajstić information content (AvgIpc) is 2.43. The predicted octanol–water partition coefficient (Wildman–Crippen LogP) is 1.76. The third-order valence-corrected chi connectivity index (χ3v) is 2.80. The Labute approximate surface area is 120 Å². The first-order valence-electron chi connectivity index (χ1n) is 6.09. The number of methoxy groups -OCH3 is 1. The molecule has 0 aliphatic heterocycles. The number of nitro benzene ring substituents is 1. The third kappa shape index (κ3) is 3.98. The van der Waals surface area contributed by atoms with E-state index in [0.29, 0.717) is 6.07 Å². The van der Waals surface area contributed by atoms with Crippen molar-refractivity contribution in [3.05, 3.63) is 39.7 Å². The summed E-state index contributed by atoms with van der Waals surface area (Å²) in [6, 6.07) is 2.27. The zero-order valence-electron chi connectivity index (χ0n) is 11.8. The average molecular weight is 298 g/mol. The Morgan fingerprint density at radius 1 is 1.43 bits per heavy atom. The maximum absolute atomic E-state index is 13.1. The van der Waals surface area contributed by atoms with Crippen molar-refractivity contribution in [3.8, 4) is 0 Å². The number of carbonyl (C=O) groups excluding carboxylic acids is 2. The van der Waals surface area contributed by atoms with Crippen molar-refractivity contribution in [1.29, 1.82) is 0 Å². The molecule has 1 aromatic rings. The topological polar surface area (TPSA) is 89.8 Å². The molecule has 1 rings (SSSR count). The number of ether oxygens (including phenoxy) is 1. The number of rotatable bonds is 5. The van der Waals surface area contributed by atoms with Gasteiger partial charge in [-0.3, -0.25) is 19.7 Å². The highest BCUT2D eigenvalue weighted by molar-refractivity contribution is 5.99. The van der Waals surface area contributed by atoms with Crippen LogP contribution in [0.3, 0.4) is 0 Å². The molecule has 0 heterocycles. The second kappa shape index (κ2) is 6.78. The number of amides is 1. The predicted molar refractivity (Wildman–Crippen MR) is 71.2 cm³/mol. The zero-order chi connectivity index (χ0) is 16.2. The number of benzene rings is 1. The van der Waals surface area contributed by atoms with E-state index in [2.05, 4.69) is 4.74 Å². The molecule has 0 fully saturated rings. The van der Waals surface area contributed by atoms with Gasteiger partial charge in [0.15, 0.2) is 0 Å². The monoisotopic (exact) mass is 298 g/mol. The van der Waals surface area contributed by atoms with E-state index in [1.165, 1.54) is 7.11 Å². The standard InChI is InChI=1S/C13H15FN2O5/c1-8(2)15(7-12(17)21-3)13(18)10-5-4-9(14)6-11(10)16(19)20/h4-6,8H,7H2,1-3H3. The van der Waals surface area contributed by atoms with Gasteiger partial charge in [0.2, 0.25) is 0 Å². The molecular formula is C13H15FN2O5. The van der Waals surface area contributed by atoms with E-state index in [1.807, 2.05) is 0 Å². The van der Waals surface area contributed by atoms with E-state index in [4.69, 9.17) is 0 Å². The van der Waals surface area contributed by atoms with Crippen LogP contribution in [0, 0.1) is 15.9 Å². The zero-order valence-corrected chi connectivity index (χ0v) is 11.8. The molecule has 0 spiro atoms.